The number of unbranched alkanes of at least 4 members (excludes halogenated alkanes) is 28. The lowest BCUT2D eigenvalue weighted by atomic mass is 10.0. The standard InChI is InChI=1S/C53H99NO5/c1-4-7-10-13-16-19-22-24-25-26-27-28-29-31-34-37-40-43-46-53(58)59-49(44-41-38-35-32-30-23-20-17-14-11-8-5-2)47-52(57)54-50(48-55)51(56)45-42-39-36-33-21-18-15-12-9-6-3/h8,11,17,20,30,32,49-51,55-56H,4-7,9-10,12-16,18-19,21-29,31,33-48H2,1-3H3,(H,54,57)/b11-8+,20-17+,32-30+. The van der Waals surface area contributed by atoms with Crippen LogP contribution in [-0.2, 0) is 14.3 Å². The summed E-state index contributed by atoms with van der Waals surface area (Å²) in [6, 6.07) is -0.709. The van der Waals surface area contributed by atoms with Crippen LogP contribution in [0.5, 0.6) is 0 Å². The average Bonchev–Trinajstić information content (AvgIpc) is 3.23. The molecule has 3 N–H and O–H groups in total. The molecule has 0 aliphatic heterocycles. The second-order valence-corrected chi connectivity index (χ2v) is 17.5. The number of nitrogens with one attached hydrogen (secondary N) is 1. The van der Waals surface area contributed by atoms with E-state index in [1.165, 1.54) is 141 Å². The molecule has 59 heavy (non-hydrogen) atoms. The molecule has 0 heterocycles. The van der Waals surface area contributed by atoms with Gasteiger partial charge in [0.25, 0.3) is 0 Å². The van der Waals surface area contributed by atoms with Gasteiger partial charge in [0.05, 0.1) is 25.2 Å². The Labute approximate surface area is 366 Å². The van der Waals surface area contributed by atoms with Crippen molar-refractivity contribution in [3.63, 3.8) is 0 Å². The van der Waals surface area contributed by atoms with E-state index in [9.17, 15) is 19.8 Å². The van der Waals surface area contributed by atoms with Gasteiger partial charge in [-0.15, -0.1) is 0 Å². The quantitative estimate of drug-likeness (QED) is 0.0323. The van der Waals surface area contributed by atoms with Gasteiger partial charge in [-0.05, 0) is 57.8 Å². The van der Waals surface area contributed by atoms with Crippen molar-refractivity contribution in [2.24, 2.45) is 0 Å². The number of aliphatic hydroxyl groups excluding tert-OH is 2. The maximum absolute atomic E-state index is 13.2. The minimum Gasteiger partial charge on any atom is -0.462 e. The van der Waals surface area contributed by atoms with E-state index >= 15 is 0 Å². The number of esters is 1. The van der Waals surface area contributed by atoms with E-state index in [-0.39, 0.29) is 24.9 Å². The second kappa shape index (κ2) is 47.1. The summed E-state index contributed by atoms with van der Waals surface area (Å²) in [6.07, 6.45) is 55.0. The third kappa shape index (κ3) is 42.6. The van der Waals surface area contributed by atoms with Crippen molar-refractivity contribution in [3.05, 3.63) is 36.5 Å². The van der Waals surface area contributed by atoms with E-state index in [0.717, 1.165) is 77.0 Å². The average molecular weight is 830 g/mol. The highest BCUT2D eigenvalue weighted by atomic mass is 16.5. The molecule has 0 bridgehead atoms. The lowest BCUT2D eigenvalue weighted by Crippen LogP contribution is -2.46. The molecule has 0 radical (unpaired) electrons. The minimum atomic E-state index is -0.794. The van der Waals surface area contributed by atoms with Crippen molar-refractivity contribution in [1.29, 1.82) is 0 Å². The van der Waals surface area contributed by atoms with Gasteiger partial charge in [-0.1, -0.05) is 231 Å². The summed E-state index contributed by atoms with van der Waals surface area (Å²) in [5.41, 5.74) is 0. The predicted molar refractivity (Wildman–Crippen MR) is 255 cm³/mol. The van der Waals surface area contributed by atoms with Crippen LogP contribution >= 0.6 is 0 Å². The van der Waals surface area contributed by atoms with Gasteiger partial charge >= 0.3 is 5.97 Å². The lowest BCUT2D eigenvalue weighted by molar-refractivity contribution is -0.151. The summed E-state index contributed by atoms with van der Waals surface area (Å²) < 4.78 is 5.91. The summed E-state index contributed by atoms with van der Waals surface area (Å²) in [5.74, 6) is -0.503. The summed E-state index contributed by atoms with van der Waals surface area (Å²) in [5, 5.41) is 23.7. The number of carbonyl (C=O) groups is 2. The molecule has 1 amide bonds. The first-order valence-corrected chi connectivity index (χ1v) is 25.7. The number of allylic oxidation sites excluding steroid dienone is 6. The summed E-state index contributed by atoms with van der Waals surface area (Å²) in [6.45, 7) is 6.36. The van der Waals surface area contributed by atoms with Gasteiger partial charge in [-0.3, -0.25) is 9.59 Å². The molecular weight excluding hydrogens is 731 g/mol. The fraction of sp³-hybridized carbons (Fsp3) is 0.849. The van der Waals surface area contributed by atoms with Crippen molar-refractivity contribution < 1.29 is 24.5 Å². The third-order valence-electron chi connectivity index (χ3n) is 11.7. The Bertz CT molecular complexity index is 977. The molecule has 0 saturated carbocycles. The first kappa shape index (κ1) is 57.1. The number of hydrogen-bond acceptors (Lipinski definition) is 5. The van der Waals surface area contributed by atoms with Crippen molar-refractivity contribution in [3.8, 4) is 0 Å². The Morgan fingerprint density at radius 3 is 1.37 bits per heavy atom. The summed E-state index contributed by atoms with van der Waals surface area (Å²) in [4.78, 5) is 26.1. The first-order valence-electron chi connectivity index (χ1n) is 25.7. The van der Waals surface area contributed by atoms with Crippen molar-refractivity contribution in [2.75, 3.05) is 6.61 Å². The van der Waals surface area contributed by atoms with E-state index in [0.29, 0.717) is 19.3 Å². The normalized spacial score (nSPS) is 13.5. The van der Waals surface area contributed by atoms with Crippen molar-refractivity contribution in [2.45, 2.75) is 283 Å². The SMILES string of the molecule is CC/C=C/C/C=C/C/C=C/CCCCC(CC(=O)NC(CO)C(O)CCCCCCCCCCCC)OC(=O)CCCCCCCCCCCCCCCCCCCC. The Balaban J connectivity index is 4.52. The summed E-state index contributed by atoms with van der Waals surface area (Å²) in [7, 11) is 0. The molecule has 0 aliphatic rings. The van der Waals surface area contributed by atoms with Gasteiger partial charge in [0.1, 0.15) is 6.10 Å². The number of hydrogen-bond donors (Lipinski definition) is 3. The van der Waals surface area contributed by atoms with Crippen LogP contribution in [0, 0.1) is 0 Å². The van der Waals surface area contributed by atoms with Crippen LogP contribution in [0.3, 0.4) is 0 Å². The van der Waals surface area contributed by atoms with Gasteiger partial charge in [-0.25, -0.2) is 0 Å². The zero-order valence-electron chi connectivity index (χ0n) is 39.4. The smallest absolute Gasteiger partial charge is 0.306 e. The van der Waals surface area contributed by atoms with Crippen LogP contribution in [0.25, 0.3) is 0 Å². The Morgan fingerprint density at radius 2 is 0.915 bits per heavy atom. The number of ether oxygens (including phenoxy) is 1. The molecule has 0 spiro atoms. The van der Waals surface area contributed by atoms with Crippen LogP contribution in [0.4, 0.5) is 0 Å². The molecule has 3 atom stereocenters. The molecule has 3 unspecified atom stereocenters. The Morgan fingerprint density at radius 1 is 0.508 bits per heavy atom. The largest absolute Gasteiger partial charge is 0.462 e. The van der Waals surface area contributed by atoms with Crippen LogP contribution in [0.15, 0.2) is 36.5 Å². The Hall–Kier alpha value is -1.92. The van der Waals surface area contributed by atoms with Crippen molar-refractivity contribution >= 4 is 11.9 Å². The van der Waals surface area contributed by atoms with E-state index < -0.39 is 18.2 Å². The highest BCUT2D eigenvalue weighted by Gasteiger charge is 2.24. The Kier molecular flexibility index (Phi) is 45.6. The number of carbonyl (C=O) groups excluding carboxylic acids is 2. The fourth-order valence-electron chi connectivity index (χ4n) is 7.86. The molecule has 6 nitrogen and oxygen atoms in total. The number of aliphatic hydroxyl groups is 2. The molecule has 0 fully saturated rings. The highest BCUT2D eigenvalue weighted by Crippen LogP contribution is 2.18. The fourth-order valence-corrected chi connectivity index (χ4v) is 7.86. The maximum Gasteiger partial charge on any atom is 0.306 e. The zero-order chi connectivity index (χ0) is 43.1. The van der Waals surface area contributed by atoms with Gasteiger partial charge in [0, 0.05) is 6.42 Å². The van der Waals surface area contributed by atoms with E-state index in [1.54, 1.807) is 0 Å². The lowest BCUT2D eigenvalue weighted by Gasteiger charge is -2.24. The maximum atomic E-state index is 13.2. The second-order valence-electron chi connectivity index (χ2n) is 17.5. The number of rotatable bonds is 46. The molecule has 0 aromatic carbocycles. The minimum absolute atomic E-state index is 0.0550. The molecular formula is C53H99NO5. The number of amides is 1. The van der Waals surface area contributed by atoms with Gasteiger partial charge in [-0.2, -0.15) is 0 Å². The van der Waals surface area contributed by atoms with Gasteiger partial charge in [0.15, 0.2) is 0 Å². The van der Waals surface area contributed by atoms with E-state index in [2.05, 4.69) is 62.5 Å². The molecule has 0 aromatic heterocycles. The van der Waals surface area contributed by atoms with Gasteiger partial charge < -0.3 is 20.3 Å². The third-order valence-corrected chi connectivity index (χ3v) is 11.7. The van der Waals surface area contributed by atoms with Crippen LogP contribution in [0.1, 0.15) is 265 Å². The van der Waals surface area contributed by atoms with Gasteiger partial charge in [0.2, 0.25) is 5.91 Å². The summed E-state index contributed by atoms with van der Waals surface area (Å²) >= 11 is 0. The monoisotopic (exact) mass is 830 g/mol. The molecule has 346 valence electrons. The van der Waals surface area contributed by atoms with Crippen LogP contribution < -0.4 is 5.32 Å². The van der Waals surface area contributed by atoms with E-state index in [4.69, 9.17) is 4.74 Å². The molecule has 0 aromatic rings. The molecule has 0 aliphatic carbocycles. The van der Waals surface area contributed by atoms with Crippen LogP contribution in [0.2, 0.25) is 0 Å². The topological polar surface area (TPSA) is 95.9 Å². The zero-order valence-corrected chi connectivity index (χ0v) is 39.4. The van der Waals surface area contributed by atoms with Crippen LogP contribution in [-0.4, -0.2) is 46.9 Å². The molecule has 0 rings (SSSR count). The van der Waals surface area contributed by atoms with Crippen molar-refractivity contribution in [1.82, 2.24) is 5.32 Å². The first-order chi connectivity index (χ1) is 29.0. The molecule has 6 heteroatoms. The van der Waals surface area contributed by atoms with E-state index in [1.807, 2.05) is 0 Å². The highest BCUT2D eigenvalue weighted by molar-refractivity contribution is 5.77. The molecule has 0 saturated heterocycles. The predicted octanol–water partition coefficient (Wildman–Crippen LogP) is 15.3.